The number of carbonyl (C=O) groups excluding carboxylic acids is 1. The Labute approximate surface area is 119 Å². The lowest BCUT2D eigenvalue weighted by molar-refractivity contribution is -0.120. The predicted octanol–water partition coefficient (Wildman–Crippen LogP) is 4.62. The third kappa shape index (κ3) is 2.86. The Balaban J connectivity index is 2.17. The maximum atomic E-state index is 13.1. The zero-order valence-electron chi connectivity index (χ0n) is 9.97. The first-order chi connectivity index (χ1) is 8.49. The molecule has 2 atom stereocenters. The van der Waals surface area contributed by atoms with Crippen molar-refractivity contribution >= 4 is 39.1 Å². The molecule has 98 valence electrons. The van der Waals surface area contributed by atoms with E-state index in [0.29, 0.717) is 16.1 Å². The van der Waals surface area contributed by atoms with E-state index in [4.69, 9.17) is 11.6 Å². The maximum absolute atomic E-state index is 13.1. The molecule has 2 unspecified atom stereocenters. The van der Waals surface area contributed by atoms with E-state index in [2.05, 4.69) is 28.2 Å². The van der Waals surface area contributed by atoms with Gasteiger partial charge in [0, 0.05) is 10.4 Å². The number of carbonyl (C=O) groups is 1. The Morgan fingerprint density at radius 2 is 2.22 bits per heavy atom. The molecule has 1 aromatic rings. The van der Waals surface area contributed by atoms with E-state index >= 15 is 0 Å². The highest BCUT2D eigenvalue weighted by atomic mass is 79.9. The lowest BCUT2D eigenvalue weighted by Gasteiger charge is -2.16. The van der Waals surface area contributed by atoms with Gasteiger partial charge in [0.15, 0.2) is 0 Å². The second-order valence-corrected chi connectivity index (χ2v) is 6.01. The van der Waals surface area contributed by atoms with Gasteiger partial charge in [-0.05, 0) is 46.8 Å². The summed E-state index contributed by atoms with van der Waals surface area (Å²) in [5.41, 5.74) is 0.446. The van der Waals surface area contributed by atoms with Crippen LogP contribution < -0.4 is 5.32 Å². The normalized spacial score (nSPS) is 23.1. The summed E-state index contributed by atoms with van der Waals surface area (Å²) in [5.74, 6) is -0.0469. The molecule has 0 bridgehead atoms. The molecule has 18 heavy (non-hydrogen) atoms. The fraction of sp³-hybridized carbons (Fsp3) is 0.462. The molecular weight excluding hydrogens is 321 g/mol. The molecule has 5 heteroatoms. The van der Waals surface area contributed by atoms with Crippen molar-refractivity contribution in [1.82, 2.24) is 0 Å². The van der Waals surface area contributed by atoms with Gasteiger partial charge in [0.2, 0.25) is 5.91 Å². The Morgan fingerprint density at radius 1 is 1.50 bits per heavy atom. The quantitative estimate of drug-likeness (QED) is 0.840. The number of rotatable bonds is 2. The summed E-state index contributed by atoms with van der Waals surface area (Å²) in [5, 5.41) is 3.00. The van der Waals surface area contributed by atoms with Crippen LogP contribution in [0.2, 0.25) is 5.02 Å². The van der Waals surface area contributed by atoms with Crippen molar-refractivity contribution in [1.29, 1.82) is 0 Å². The molecule has 0 saturated heterocycles. The Hall–Kier alpha value is -0.610. The van der Waals surface area contributed by atoms with Crippen LogP contribution >= 0.6 is 27.5 Å². The zero-order valence-corrected chi connectivity index (χ0v) is 12.3. The fourth-order valence-electron chi connectivity index (χ4n) is 2.41. The number of amides is 1. The van der Waals surface area contributed by atoms with Crippen molar-refractivity contribution in [3.8, 4) is 0 Å². The summed E-state index contributed by atoms with van der Waals surface area (Å²) in [6, 6.07) is 2.49. The number of hydrogen-bond acceptors (Lipinski definition) is 1. The first kappa shape index (κ1) is 13.8. The summed E-state index contributed by atoms with van der Waals surface area (Å²) in [4.78, 5) is 12.1. The minimum atomic E-state index is -0.431. The molecule has 1 N–H and O–H groups in total. The third-order valence-electron chi connectivity index (χ3n) is 3.45. The summed E-state index contributed by atoms with van der Waals surface area (Å²) < 4.78 is 13.5. The second-order valence-electron chi connectivity index (χ2n) is 4.75. The average Bonchev–Trinajstić information content (AvgIpc) is 2.69. The van der Waals surface area contributed by atoms with Crippen molar-refractivity contribution in [2.45, 2.75) is 26.2 Å². The average molecular weight is 335 g/mol. The number of halogens is 3. The Morgan fingerprint density at radius 3 is 2.78 bits per heavy atom. The molecule has 0 spiro atoms. The molecule has 1 amide bonds. The standard InChI is InChI=1S/C13H14BrClFNO/c1-7-3-2-4-9(7)13(18)17-12-10(14)5-8(16)6-11(12)15/h5-7,9H,2-4H2,1H3,(H,17,18). The summed E-state index contributed by atoms with van der Waals surface area (Å²) in [6.07, 6.45) is 3.07. The van der Waals surface area contributed by atoms with Crippen LogP contribution in [0.1, 0.15) is 26.2 Å². The van der Waals surface area contributed by atoms with E-state index in [1.807, 2.05) is 0 Å². The van der Waals surface area contributed by atoms with Gasteiger partial charge in [-0.15, -0.1) is 0 Å². The van der Waals surface area contributed by atoms with E-state index in [1.54, 1.807) is 0 Å². The SMILES string of the molecule is CC1CCCC1C(=O)Nc1c(Cl)cc(F)cc1Br. The van der Waals surface area contributed by atoms with Gasteiger partial charge in [0.05, 0.1) is 10.7 Å². The van der Waals surface area contributed by atoms with Gasteiger partial charge in [-0.2, -0.15) is 0 Å². The zero-order chi connectivity index (χ0) is 13.3. The molecule has 1 aromatic carbocycles. The van der Waals surface area contributed by atoms with Gasteiger partial charge in [-0.3, -0.25) is 4.79 Å². The summed E-state index contributed by atoms with van der Waals surface area (Å²) >= 11 is 9.15. The molecule has 0 aliphatic heterocycles. The lowest BCUT2D eigenvalue weighted by Crippen LogP contribution is -2.24. The largest absolute Gasteiger partial charge is 0.324 e. The van der Waals surface area contributed by atoms with Crippen molar-refractivity contribution in [3.05, 3.63) is 27.4 Å². The van der Waals surface area contributed by atoms with Crippen LogP contribution in [0.15, 0.2) is 16.6 Å². The van der Waals surface area contributed by atoms with E-state index in [9.17, 15) is 9.18 Å². The molecule has 0 radical (unpaired) electrons. The highest BCUT2D eigenvalue weighted by Gasteiger charge is 2.30. The van der Waals surface area contributed by atoms with Crippen LogP contribution in [0.25, 0.3) is 0 Å². The highest BCUT2D eigenvalue weighted by Crippen LogP contribution is 2.35. The van der Waals surface area contributed by atoms with Gasteiger partial charge in [-0.1, -0.05) is 24.9 Å². The van der Waals surface area contributed by atoms with Crippen molar-refractivity contribution in [2.75, 3.05) is 5.32 Å². The minimum absolute atomic E-state index is 0.0259. The molecule has 2 nitrogen and oxygen atoms in total. The molecule has 1 saturated carbocycles. The van der Waals surface area contributed by atoms with Gasteiger partial charge in [0.25, 0.3) is 0 Å². The molecule has 2 rings (SSSR count). The van der Waals surface area contributed by atoms with Gasteiger partial charge >= 0.3 is 0 Å². The van der Waals surface area contributed by atoms with Gasteiger partial charge < -0.3 is 5.32 Å². The molecule has 0 aromatic heterocycles. The van der Waals surface area contributed by atoms with E-state index in [1.165, 1.54) is 12.1 Å². The topological polar surface area (TPSA) is 29.1 Å². The Bertz CT molecular complexity index is 457. The van der Waals surface area contributed by atoms with E-state index < -0.39 is 5.82 Å². The second kappa shape index (κ2) is 5.57. The highest BCUT2D eigenvalue weighted by molar-refractivity contribution is 9.10. The number of nitrogens with one attached hydrogen (secondary N) is 1. The first-order valence-corrected chi connectivity index (χ1v) is 7.11. The fourth-order valence-corrected chi connectivity index (χ4v) is 3.31. The van der Waals surface area contributed by atoms with Crippen molar-refractivity contribution in [2.24, 2.45) is 11.8 Å². The smallest absolute Gasteiger partial charge is 0.227 e. The van der Waals surface area contributed by atoms with Gasteiger partial charge in [0.1, 0.15) is 5.82 Å². The van der Waals surface area contributed by atoms with Crippen LogP contribution in [0.4, 0.5) is 10.1 Å². The van der Waals surface area contributed by atoms with Crippen LogP contribution in [0.5, 0.6) is 0 Å². The van der Waals surface area contributed by atoms with E-state index in [-0.39, 0.29) is 16.8 Å². The third-order valence-corrected chi connectivity index (χ3v) is 4.38. The summed E-state index contributed by atoms with van der Waals surface area (Å²) in [7, 11) is 0. The molecule has 1 fully saturated rings. The van der Waals surface area contributed by atoms with Crippen LogP contribution in [-0.2, 0) is 4.79 Å². The van der Waals surface area contributed by atoms with Crippen LogP contribution in [-0.4, -0.2) is 5.91 Å². The maximum Gasteiger partial charge on any atom is 0.227 e. The summed E-state index contributed by atoms with van der Waals surface area (Å²) in [6.45, 7) is 2.08. The van der Waals surface area contributed by atoms with E-state index in [0.717, 1.165) is 19.3 Å². The van der Waals surface area contributed by atoms with Gasteiger partial charge in [-0.25, -0.2) is 4.39 Å². The molecule has 1 aliphatic rings. The van der Waals surface area contributed by atoms with Crippen LogP contribution in [0.3, 0.4) is 0 Å². The monoisotopic (exact) mass is 333 g/mol. The minimum Gasteiger partial charge on any atom is -0.324 e. The molecular formula is C13H14BrClFNO. The van der Waals surface area contributed by atoms with Crippen molar-refractivity contribution < 1.29 is 9.18 Å². The van der Waals surface area contributed by atoms with Crippen LogP contribution in [0, 0.1) is 17.7 Å². The molecule has 0 heterocycles. The number of benzene rings is 1. The predicted molar refractivity (Wildman–Crippen MR) is 74.2 cm³/mol. The van der Waals surface area contributed by atoms with Crippen molar-refractivity contribution in [3.63, 3.8) is 0 Å². The molecule has 1 aliphatic carbocycles. The number of hydrogen-bond donors (Lipinski definition) is 1. The number of anilines is 1. The first-order valence-electron chi connectivity index (χ1n) is 5.94. The lowest BCUT2D eigenvalue weighted by atomic mass is 9.97. The Kier molecular flexibility index (Phi) is 4.28.